The van der Waals surface area contributed by atoms with Crippen molar-refractivity contribution in [1.82, 2.24) is 10.2 Å². The van der Waals surface area contributed by atoms with Crippen LogP contribution in [-0.4, -0.2) is 28.1 Å². The number of halogens is 1. The molecular formula is C19H22ClN3OS. The van der Waals surface area contributed by atoms with Crippen molar-refractivity contribution < 1.29 is 4.42 Å². The average molecular weight is 376 g/mol. The van der Waals surface area contributed by atoms with E-state index >= 15 is 0 Å². The predicted octanol–water partition coefficient (Wildman–Crippen LogP) is 4.42. The molecule has 0 saturated carbocycles. The molecule has 2 saturated heterocycles. The second-order valence-electron chi connectivity index (χ2n) is 6.91. The number of furan rings is 1. The van der Waals surface area contributed by atoms with Gasteiger partial charge in [0.25, 0.3) is 0 Å². The fraction of sp³-hybridized carbons (Fsp3) is 0.421. The van der Waals surface area contributed by atoms with E-state index in [2.05, 4.69) is 21.6 Å². The van der Waals surface area contributed by atoms with E-state index in [0.29, 0.717) is 23.2 Å². The quantitative estimate of drug-likeness (QED) is 0.774. The number of nitrogens with one attached hydrogen (secondary N) is 2. The van der Waals surface area contributed by atoms with Gasteiger partial charge in [0.1, 0.15) is 5.76 Å². The van der Waals surface area contributed by atoms with Crippen LogP contribution in [0.25, 0.3) is 0 Å². The molecule has 2 aromatic rings. The molecule has 4 rings (SSSR count). The smallest absolute Gasteiger partial charge is 0.170 e. The first-order chi connectivity index (χ1) is 12.2. The van der Waals surface area contributed by atoms with Crippen molar-refractivity contribution in [3.05, 3.63) is 53.4 Å². The van der Waals surface area contributed by atoms with E-state index < -0.39 is 0 Å². The first-order valence-electron chi connectivity index (χ1n) is 8.78. The lowest BCUT2D eigenvalue weighted by Crippen LogP contribution is -2.50. The first-order valence-corrected chi connectivity index (χ1v) is 9.57. The van der Waals surface area contributed by atoms with E-state index in [1.807, 2.05) is 30.3 Å². The van der Waals surface area contributed by atoms with E-state index in [1.165, 1.54) is 12.8 Å². The molecule has 6 heteroatoms. The van der Waals surface area contributed by atoms with Gasteiger partial charge >= 0.3 is 0 Å². The van der Waals surface area contributed by atoms with Crippen molar-refractivity contribution in [3.8, 4) is 0 Å². The van der Waals surface area contributed by atoms with Crippen LogP contribution in [0, 0.1) is 0 Å². The molecule has 2 aliphatic heterocycles. The number of rotatable bonds is 4. The van der Waals surface area contributed by atoms with Gasteiger partial charge in [0.15, 0.2) is 5.11 Å². The molecule has 4 nitrogen and oxygen atoms in total. The van der Waals surface area contributed by atoms with Gasteiger partial charge < -0.3 is 15.1 Å². The third-order valence-electron chi connectivity index (χ3n) is 5.24. The van der Waals surface area contributed by atoms with Crippen LogP contribution in [0.1, 0.15) is 31.4 Å². The summed E-state index contributed by atoms with van der Waals surface area (Å²) < 4.78 is 5.53. The highest BCUT2D eigenvalue weighted by atomic mass is 35.5. The van der Waals surface area contributed by atoms with Crippen LogP contribution < -0.4 is 10.6 Å². The number of thiocarbonyl (C=S) groups is 1. The van der Waals surface area contributed by atoms with Gasteiger partial charge in [0.2, 0.25) is 0 Å². The molecule has 2 atom stereocenters. The number of piperidine rings is 1. The van der Waals surface area contributed by atoms with Crippen LogP contribution >= 0.6 is 23.8 Å². The van der Waals surface area contributed by atoms with Crippen LogP contribution in [0.4, 0.5) is 5.69 Å². The molecule has 0 unspecified atom stereocenters. The minimum atomic E-state index is 0.428. The maximum atomic E-state index is 5.92. The Bertz CT molecular complexity index is 705. The third-order valence-corrected chi connectivity index (χ3v) is 5.71. The summed E-state index contributed by atoms with van der Waals surface area (Å²) in [7, 11) is 0. The van der Waals surface area contributed by atoms with Crippen molar-refractivity contribution in [2.75, 3.05) is 5.32 Å². The molecule has 0 spiro atoms. The van der Waals surface area contributed by atoms with Gasteiger partial charge in [-0.05, 0) is 74.3 Å². The zero-order valence-electron chi connectivity index (χ0n) is 14.0. The maximum Gasteiger partial charge on any atom is 0.170 e. The van der Waals surface area contributed by atoms with E-state index in [1.54, 1.807) is 6.26 Å². The normalized spacial score (nSPS) is 25.7. The molecule has 0 aliphatic carbocycles. The molecule has 2 aliphatic rings. The molecule has 3 heterocycles. The van der Waals surface area contributed by atoms with Crippen LogP contribution in [0.2, 0.25) is 5.02 Å². The molecule has 1 aromatic heterocycles. The van der Waals surface area contributed by atoms with E-state index in [-0.39, 0.29) is 0 Å². The summed E-state index contributed by atoms with van der Waals surface area (Å²) in [6, 6.07) is 13.3. The van der Waals surface area contributed by atoms with Crippen LogP contribution in [0.15, 0.2) is 47.1 Å². The van der Waals surface area contributed by atoms with Crippen LogP contribution in [0.5, 0.6) is 0 Å². The molecule has 0 amide bonds. The van der Waals surface area contributed by atoms with Gasteiger partial charge in [-0.25, -0.2) is 0 Å². The molecular weight excluding hydrogens is 354 g/mol. The van der Waals surface area contributed by atoms with Gasteiger partial charge in [-0.15, -0.1) is 0 Å². The van der Waals surface area contributed by atoms with Gasteiger partial charge in [-0.3, -0.25) is 4.90 Å². The van der Waals surface area contributed by atoms with Gasteiger partial charge in [-0.2, -0.15) is 0 Å². The maximum absolute atomic E-state index is 5.92. The Morgan fingerprint density at radius 2 is 1.88 bits per heavy atom. The van der Waals surface area contributed by atoms with Crippen molar-refractivity contribution in [3.63, 3.8) is 0 Å². The lowest BCUT2D eigenvalue weighted by atomic mass is 9.97. The minimum Gasteiger partial charge on any atom is -0.468 e. The second kappa shape index (κ2) is 7.36. The van der Waals surface area contributed by atoms with E-state index in [4.69, 9.17) is 28.2 Å². The minimum absolute atomic E-state index is 0.428. The molecule has 2 N–H and O–H groups in total. The zero-order valence-corrected chi connectivity index (χ0v) is 15.5. The number of anilines is 1. The molecule has 2 fully saturated rings. The standard InChI is InChI=1S/C19H22ClN3OS/c20-13-3-5-14(6-4-13)21-19(25)22-15-10-16-7-8-17(11-15)23(16)12-18-2-1-9-24-18/h1-6,9,15-17H,7-8,10-12H2,(H2,21,22,25)/t16-,17-/m0/s1. The summed E-state index contributed by atoms with van der Waals surface area (Å²) in [6.45, 7) is 0.919. The summed E-state index contributed by atoms with van der Waals surface area (Å²) in [5, 5.41) is 8.16. The van der Waals surface area contributed by atoms with Crippen molar-refractivity contribution in [1.29, 1.82) is 0 Å². The van der Waals surface area contributed by atoms with Crippen LogP contribution in [0.3, 0.4) is 0 Å². The second-order valence-corrected chi connectivity index (χ2v) is 7.76. The first kappa shape index (κ1) is 16.9. The number of hydrogen-bond donors (Lipinski definition) is 2. The Morgan fingerprint density at radius 3 is 2.52 bits per heavy atom. The number of fused-ring (bicyclic) bond motifs is 2. The number of nitrogens with zero attached hydrogens (tertiary/aromatic N) is 1. The Morgan fingerprint density at radius 1 is 1.16 bits per heavy atom. The average Bonchev–Trinajstić information content (AvgIpc) is 3.17. The Hall–Kier alpha value is -1.56. The molecule has 25 heavy (non-hydrogen) atoms. The summed E-state index contributed by atoms with van der Waals surface area (Å²) in [5.74, 6) is 1.06. The predicted molar refractivity (Wildman–Crippen MR) is 105 cm³/mol. The molecule has 1 aromatic carbocycles. The summed E-state index contributed by atoms with van der Waals surface area (Å²) >= 11 is 11.4. The molecule has 132 valence electrons. The Labute approximate surface area is 158 Å². The molecule has 2 bridgehead atoms. The highest BCUT2D eigenvalue weighted by Crippen LogP contribution is 2.36. The zero-order chi connectivity index (χ0) is 17.2. The summed E-state index contributed by atoms with van der Waals surface area (Å²) in [4.78, 5) is 2.60. The topological polar surface area (TPSA) is 40.4 Å². The lowest BCUT2D eigenvalue weighted by Gasteiger charge is -2.39. The molecule has 0 radical (unpaired) electrons. The van der Waals surface area contributed by atoms with E-state index in [9.17, 15) is 0 Å². The highest BCUT2D eigenvalue weighted by molar-refractivity contribution is 7.80. The largest absolute Gasteiger partial charge is 0.468 e. The van der Waals surface area contributed by atoms with Crippen molar-refractivity contribution in [2.24, 2.45) is 0 Å². The van der Waals surface area contributed by atoms with Gasteiger partial charge in [-0.1, -0.05) is 11.6 Å². The van der Waals surface area contributed by atoms with Crippen LogP contribution in [-0.2, 0) is 6.54 Å². The summed E-state index contributed by atoms with van der Waals surface area (Å²) in [6.07, 6.45) is 6.54. The summed E-state index contributed by atoms with van der Waals surface area (Å²) in [5.41, 5.74) is 0.958. The SMILES string of the molecule is S=C(Nc1ccc(Cl)cc1)NC1C[C@@H]2CC[C@@H](C1)N2Cc1ccco1. The number of hydrogen-bond acceptors (Lipinski definition) is 3. The Balaban J connectivity index is 1.31. The van der Waals surface area contributed by atoms with E-state index in [0.717, 1.165) is 35.9 Å². The Kier molecular flexibility index (Phi) is 4.97. The number of benzene rings is 1. The van der Waals surface area contributed by atoms with Crippen molar-refractivity contribution >= 4 is 34.6 Å². The third kappa shape index (κ3) is 4.00. The fourth-order valence-electron chi connectivity index (χ4n) is 4.12. The fourth-order valence-corrected chi connectivity index (χ4v) is 4.53. The van der Waals surface area contributed by atoms with Gasteiger partial charge in [0.05, 0.1) is 12.8 Å². The van der Waals surface area contributed by atoms with Gasteiger partial charge in [0, 0.05) is 28.8 Å². The lowest BCUT2D eigenvalue weighted by molar-refractivity contribution is 0.106. The highest BCUT2D eigenvalue weighted by Gasteiger charge is 2.41. The van der Waals surface area contributed by atoms with Crippen molar-refractivity contribution in [2.45, 2.75) is 50.4 Å². The monoisotopic (exact) mass is 375 g/mol.